The van der Waals surface area contributed by atoms with Crippen LogP contribution in [-0.4, -0.2) is 12.2 Å². The van der Waals surface area contributed by atoms with Gasteiger partial charge in [0.15, 0.2) is 17.3 Å². The number of nitrogens with two attached hydrogens (primary N) is 1. The fourth-order valence-corrected chi connectivity index (χ4v) is 2.20. The van der Waals surface area contributed by atoms with Gasteiger partial charge in [0.2, 0.25) is 0 Å². The van der Waals surface area contributed by atoms with E-state index < -0.39 is 11.4 Å². The van der Waals surface area contributed by atoms with Gasteiger partial charge < -0.3 is 15.6 Å². The lowest BCUT2D eigenvalue weighted by molar-refractivity contribution is 0.233. The van der Waals surface area contributed by atoms with E-state index in [1.54, 1.807) is 0 Å². The summed E-state index contributed by atoms with van der Waals surface area (Å²) >= 11 is 5.74. The van der Waals surface area contributed by atoms with Crippen LogP contribution in [0.2, 0.25) is 5.02 Å². The van der Waals surface area contributed by atoms with Crippen molar-refractivity contribution in [2.24, 2.45) is 5.73 Å². The Kier molecular flexibility index (Phi) is 2.72. The first-order valence-corrected chi connectivity index (χ1v) is 5.42. The summed E-state index contributed by atoms with van der Waals surface area (Å²) in [6.45, 7) is 0. The molecule has 1 fully saturated rings. The topological polar surface area (TPSA) is 55.5 Å². The summed E-state index contributed by atoms with van der Waals surface area (Å²) < 4.78 is 18.8. The highest BCUT2D eigenvalue weighted by molar-refractivity contribution is 6.31. The first-order valence-electron chi connectivity index (χ1n) is 5.04. The van der Waals surface area contributed by atoms with Gasteiger partial charge in [0, 0.05) is 11.6 Å². The van der Waals surface area contributed by atoms with E-state index in [0.29, 0.717) is 12.8 Å². The monoisotopic (exact) mass is 245 g/mol. The molecule has 0 spiro atoms. The molecule has 3 N–H and O–H groups in total. The van der Waals surface area contributed by atoms with Gasteiger partial charge in [0.05, 0.1) is 17.7 Å². The first-order chi connectivity index (χ1) is 7.49. The number of phenols is 1. The number of ether oxygens (including phenoxy) is 1. The average molecular weight is 246 g/mol. The van der Waals surface area contributed by atoms with Crippen LogP contribution >= 0.6 is 11.6 Å². The molecule has 5 heteroatoms. The van der Waals surface area contributed by atoms with Gasteiger partial charge in [-0.2, -0.15) is 0 Å². The molecule has 1 aromatic rings. The van der Waals surface area contributed by atoms with Crippen LogP contribution in [0.5, 0.6) is 11.5 Å². The normalized spacial score (nSPS) is 18.0. The summed E-state index contributed by atoms with van der Waals surface area (Å²) in [5.74, 6) is -0.744. The lowest BCUT2D eigenvalue weighted by atomic mass is 9.72. The van der Waals surface area contributed by atoms with Crippen LogP contribution in [0, 0.1) is 5.82 Å². The van der Waals surface area contributed by atoms with Crippen molar-refractivity contribution < 1.29 is 14.2 Å². The van der Waals surface area contributed by atoms with E-state index in [2.05, 4.69) is 0 Å². The van der Waals surface area contributed by atoms with Crippen LogP contribution in [0.25, 0.3) is 0 Å². The third kappa shape index (κ3) is 1.53. The molecule has 0 aliphatic heterocycles. The van der Waals surface area contributed by atoms with Crippen molar-refractivity contribution in [3.05, 3.63) is 22.5 Å². The molecule has 0 atom stereocenters. The van der Waals surface area contributed by atoms with Crippen molar-refractivity contribution in [1.29, 1.82) is 0 Å². The molecular formula is C11H13ClFNO2. The minimum Gasteiger partial charge on any atom is -0.504 e. The maximum atomic E-state index is 13.9. The number of hydrogen-bond donors (Lipinski definition) is 2. The molecule has 88 valence electrons. The van der Waals surface area contributed by atoms with Crippen LogP contribution in [-0.2, 0) is 5.54 Å². The molecule has 1 aliphatic rings. The van der Waals surface area contributed by atoms with Gasteiger partial charge >= 0.3 is 0 Å². The Morgan fingerprint density at radius 3 is 2.62 bits per heavy atom. The molecule has 16 heavy (non-hydrogen) atoms. The highest BCUT2D eigenvalue weighted by atomic mass is 35.5. The predicted molar refractivity (Wildman–Crippen MR) is 59.3 cm³/mol. The maximum absolute atomic E-state index is 13.9. The number of methoxy groups -OCH3 is 1. The minimum absolute atomic E-state index is 0.0723. The summed E-state index contributed by atoms with van der Waals surface area (Å²) in [7, 11) is 1.39. The number of phenolic OH excluding ortho intramolecular Hbond substituents is 1. The molecule has 0 heterocycles. The van der Waals surface area contributed by atoms with E-state index >= 15 is 0 Å². The summed E-state index contributed by atoms with van der Waals surface area (Å²) in [4.78, 5) is 0. The molecule has 1 aliphatic carbocycles. The number of rotatable bonds is 2. The summed E-state index contributed by atoms with van der Waals surface area (Å²) in [6.07, 6.45) is 2.20. The third-order valence-corrected chi connectivity index (χ3v) is 3.40. The van der Waals surface area contributed by atoms with Gasteiger partial charge in [-0.25, -0.2) is 4.39 Å². The zero-order valence-corrected chi connectivity index (χ0v) is 9.64. The average Bonchev–Trinajstić information content (AvgIpc) is 2.21. The Hall–Kier alpha value is -1.00. The van der Waals surface area contributed by atoms with Gasteiger partial charge in [0.25, 0.3) is 0 Å². The number of halogens is 2. The first kappa shape index (κ1) is 11.5. The summed E-state index contributed by atoms with van der Waals surface area (Å²) in [5, 5.41) is 9.81. The Morgan fingerprint density at radius 2 is 2.19 bits per heavy atom. The smallest absolute Gasteiger partial charge is 0.165 e. The fraction of sp³-hybridized carbons (Fsp3) is 0.455. The lowest BCUT2D eigenvalue weighted by Gasteiger charge is -2.39. The van der Waals surface area contributed by atoms with Gasteiger partial charge in [-0.15, -0.1) is 0 Å². The summed E-state index contributed by atoms with van der Waals surface area (Å²) in [5.41, 5.74) is 5.26. The quantitative estimate of drug-likeness (QED) is 0.842. The van der Waals surface area contributed by atoms with Crippen molar-refractivity contribution in [1.82, 2.24) is 0 Å². The maximum Gasteiger partial charge on any atom is 0.165 e. The second kappa shape index (κ2) is 3.79. The van der Waals surface area contributed by atoms with E-state index in [4.69, 9.17) is 22.1 Å². The van der Waals surface area contributed by atoms with E-state index in [1.807, 2.05) is 0 Å². The molecule has 0 unspecified atom stereocenters. The highest BCUT2D eigenvalue weighted by Gasteiger charge is 2.40. The van der Waals surface area contributed by atoms with Gasteiger partial charge in [0.1, 0.15) is 0 Å². The van der Waals surface area contributed by atoms with E-state index in [9.17, 15) is 9.50 Å². The zero-order valence-electron chi connectivity index (χ0n) is 8.89. The zero-order chi connectivity index (χ0) is 11.9. The molecule has 0 bridgehead atoms. The number of hydrogen-bond acceptors (Lipinski definition) is 3. The molecule has 0 amide bonds. The van der Waals surface area contributed by atoms with Crippen LogP contribution in [0.4, 0.5) is 4.39 Å². The molecule has 1 aromatic carbocycles. The minimum atomic E-state index is -0.813. The van der Waals surface area contributed by atoms with Crippen LogP contribution in [0.1, 0.15) is 24.8 Å². The van der Waals surface area contributed by atoms with Crippen molar-refractivity contribution in [2.45, 2.75) is 24.8 Å². The van der Waals surface area contributed by atoms with Crippen molar-refractivity contribution in [3.8, 4) is 11.5 Å². The summed E-state index contributed by atoms with van der Waals surface area (Å²) in [6, 6.07) is 1.25. The Labute approximate surface area is 98.0 Å². The molecule has 0 saturated heterocycles. The van der Waals surface area contributed by atoms with Crippen LogP contribution in [0.3, 0.4) is 0 Å². The van der Waals surface area contributed by atoms with Crippen molar-refractivity contribution >= 4 is 11.6 Å². The highest BCUT2D eigenvalue weighted by Crippen LogP contribution is 2.48. The Morgan fingerprint density at radius 1 is 1.56 bits per heavy atom. The Bertz CT molecular complexity index is 432. The SMILES string of the molecule is COc1cc(Cl)c(F)c(C2(N)CCC2)c1O. The van der Waals surface area contributed by atoms with Gasteiger partial charge in [-0.3, -0.25) is 0 Å². The van der Waals surface area contributed by atoms with Gasteiger partial charge in [-0.05, 0) is 19.3 Å². The molecule has 0 aromatic heterocycles. The van der Waals surface area contributed by atoms with Gasteiger partial charge in [-0.1, -0.05) is 11.6 Å². The van der Waals surface area contributed by atoms with E-state index in [0.717, 1.165) is 6.42 Å². The molecule has 0 radical (unpaired) electrons. The van der Waals surface area contributed by atoms with E-state index in [1.165, 1.54) is 13.2 Å². The largest absolute Gasteiger partial charge is 0.504 e. The van der Waals surface area contributed by atoms with Crippen LogP contribution < -0.4 is 10.5 Å². The fourth-order valence-electron chi connectivity index (χ4n) is 2.01. The third-order valence-electron chi connectivity index (χ3n) is 3.12. The molecular weight excluding hydrogens is 233 g/mol. The number of benzene rings is 1. The van der Waals surface area contributed by atoms with Crippen LogP contribution in [0.15, 0.2) is 6.07 Å². The molecule has 3 nitrogen and oxygen atoms in total. The Balaban J connectivity index is 2.62. The second-order valence-electron chi connectivity index (χ2n) is 4.11. The number of aromatic hydroxyl groups is 1. The predicted octanol–water partition coefficient (Wildman–Crippen LogP) is 2.53. The second-order valence-corrected chi connectivity index (χ2v) is 4.52. The molecule has 2 rings (SSSR count). The molecule has 1 saturated carbocycles. The van der Waals surface area contributed by atoms with Crippen molar-refractivity contribution in [2.75, 3.05) is 7.11 Å². The lowest BCUT2D eigenvalue weighted by Crippen LogP contribution is -2.44. The standard InChI is InChI=1S/C11H13ClFNO2/c1-16-7-5-6(12)9(13)8(10(7)15)11(14)3-2-4-11/h5,15H,2-4,14H2,1H3. The van der Waals surface area contributed by atoms with E-state index in [-0.39, 0.29) is 22.1 Å². The van der Waals surface area contributed by atoms with Crippen molar-refractivity contribution in [3.63, 3.8) is 0 Å².